The van der Waals surface area contributed by atoms with Crippen LogP contribution in [0.5, 0.6) is 0 Å². The Labute approximate surface area is 92.4 Å². The number of hydrogen-bond acceptors (Lipinski definition) is 4. The standard InChI is InChI=1S/C11H12FNO3/c1-16-11(15)9-6-8(4-2-3-5-14)7-13-10(9)12/h2,4,6-7,14H,3,5H2,1H3. The molecule has 16 heavy (non-hydrogen) atoms. The van der Waals surface area contributed by atoms with Gasteiger partial charge in [0.1, 0.15) is 5.56 Å². The molecule has 5 heteroatoms. The molecule has 0 aliphatic rings. The van der Waals surface area contributed by atoms with Crippen LogP contribution in [-0.2, 0) is 4.74 Å². The number of methoxy groups -OCH3 is 1. The lowest BCUT2D eigenvalue weighted by atomic mass is 10.2. The molecule has 0 spiro atoms. The number of aliphatic hydroxyl groups excluding tert-OH is 1. The summed E-state index contributed by atoms with van der Waals surface area (Å²) in [6, 6.07) is 1.35. The maximum Gasteiger partial charge on any atom is 0.342 e. The van der Waals surface area contributed by atoms with Gasteiger partial charge in [-0.15, -0.1) is 0 Å². The second-order valence-electron chi connectivity index (χ2n) is 3.01. The highest BCUT2D eigenvalue weighted by Crippen LogP contribution is 2.10. The average Bonchev–Trinajstić information content (AvgIpc) is 2.30. The molecule has 1 rings (SSSR count). The van der Waals surface area contributed by atoms with Crippen LogP contribution in [0.3, 0.4) is 0 Å². The molecule has 1 aromatic heterocycles. The van der Waals surface area contributed by atoms with Gasteiger partial charge in [-0.25, -0.2) is 9.78 Å². The number of halogens is 1. The van der Waals surface area contributed by atoms with E-state index in [1.54, 1.807) is 12.2 Å². The van der Waals surface area contributed by atoms with Crippen LogP contribution in [0.15, 0.2) is 18.3 Å². The second kappa shape index (κ2) is 5.97. The molecule has 0 aliphatic heterocycles. The van der Waals surface area contributed by atoms with Gasteiger partial charge in [0.25, 0.3) is 0 Å². The van der Waals surface area contributed by atoms with Crippen molar-refractivity contribution in [1.82, 2.24) is 4.98 Å². The minimum Gasteiger partial charge on any atom is -0.465 e. The van der Waals surface area contributed by atoms with Gasteiger partial charge in [0, 0.05) is 12.8 Å². The third kappa shape index (κ3) is 3.13. The van der Waals surface area contributed by atoms with Gasteiger partial charge in [0.15, 0.2) is 0 Å². The summed E-state index contributed by atoms with van der Waals surface area (Å²) in [6.07, 6.45) is 5.14. The predicted molar refractivity (Wildman–Crippen MR) is 56.3 cm³/mol. The summed E-state index contributed by atoms with van der Waals surface area (Å²) < 4.78 is 17.5. The fourth-order valence-electron chi connectivity index (χ4n) is 1.10. The molecule has 0 saturated carbocycles. The highest BCUT2D eigenvalue weighted by molar-refractivity contribution is 5.89. The number of aromatic nitrogens is 1. The second-order valence-corrected chi connectivity index (χ2v) is 3.01. The normalized spacial score (nSPS) is 10.7. The van der Waals surface area contributed by atoms with Crippen LogP contribution in [0.25, 0.3) is 6.08 Å². The van der Waals surface area contributed by atoms with Crippen LogP contribution in [-0.4, -0.2) is 29.8 Å². The topological polar surface area (TPSA) is 59.4 Å². The summed E-state index contributed by atoms with van der Waals surface area (Å²) in [5.74, 6) is -1.62. The quantitative estimate of drug-likeness (QED) is 0.621. The third-order valence-electron chi connectivity index (χ3n) is 1.87. The van der Waals surface area contributed by atoms with Crippen LogP contribution in [0, 0.1) is 5.95 Å². The third-order valence-corrected chi connectivity index (χ3v) is 1.87. The van der Waals surface area contributed by atoms with Crippen molar-refractivity contribution in [1.29, 1.82) is 0 Å². The van der Waals surface area contributed by atoms with Crippen molar-refractivity contribution in [3.8, 4) is 0 Å². The predicted octanol–water partition coefficient (Wildman–Crippen LogP) is 1.40. The van der Waals surface area contributed by atoms with Crippen LogP contribution in [0.4, 0.5) is 4.39 Å². The number of ether oxygens (including phenoxy) is 1. The van der Waals surface area contributed by atoms with E-state index in [2.05, 4.69) is 9.72 Å². The molecule has 86 valence electrons. The number of pyridine rings is 1. The molecule has 0 aliphatic carbocycles. The molecule has 0 aromatic carbocycles. The zero-order valence-electron chi connectivity index (χ0n) is 8.81. The lowest BCUT2D eigenvalue weighted by Gasteiger charge is -2.01. The minimum absolute atomic E-state index is 0.0367. The van der Waals surface area contributed by atoms with E-state index in [0.717, 1.165) is 0 Å². The van der Waals surface area contributed by atoms with E-state index in [1.807, 2.05) is 0 Å². The number of carbonyl (C=O) groups excluding carboxylic acids is 1. The molecule has 1 N–H and O–H groups in total. The molecule has 0 fully saturated rings. The van der Waals surface area contributed by atoms with E-state index >= 15 is 0 Å². The molecular formula is C11H12FNO3. The van der Waals surface area contributed by atoms with Gasteiger partial charge in [-0.05, 0) is 18.1 Å². The van der Waals surface area contributed by atoms with Crippen LogP contribution in [0.1, 0.15) is 22.3 Å². The summed E-state index contributed by atoms with van der Waals surface area (Å²) in [5.41, 5.74) is 0.379. The maximum absolute atomic E-state index is 13.1. The molecule has 4 nitrogen and oxygen atoms in total. The van der Waals surface area contributed by atoms with E-state index in [1.165, 1.54) is 19.4 Å². The number of aliphatic hydroxyl groups is 1. The number of rotatable bonds is 4. The number of carbonyl (C=O) groups is 1. The van der Waals surface area contributed by atoms with Crippen molar-refractivity contribution in [2.45, 2.75) is 6.42 Å². The Bertz CT molecular complexity index is 404. The molecule has 0 amide bonds. The van der Waals surface area contributed by atoms with Crippen LogP contribution < -0.4 is 0 Å². The Morgan fingerprint density at radius 2 is 2.44 bits per heavy atom. The average molecular weight is 225 g/mol. The molecule has 0 atom stereocenters. The van der Waals surface area contributed by atoms with Crippen molar-refractivity contribution in [3.63, 3.8) is 0 Å². The van der Waals surface area contributed by atoms with E-state index < -0.39 is 11.9 Å². The highest BCUT2D eigenvalue weighted by atomic mass is 19.1. The number of esters is 1. The first kappa shape index (κ1) is 12.3. The van der Waals surface area contributed by atoms with Crippen molar-refractivity contribution in [2.75, 3.05) is 13.7 Å². The lowest BCUT2D eigenvalue weighted by Crippen LogP contribution is -2.06. The van der Waals surface area contributed by atoms with Gasteiger partial charge in [-0.3, -0.25) is 0 Å². The fourth-order valence-corrected chi connectivity index (χ4v) is 1.10. The Morgan fingerprint density at radius 1 is 1.69 bits per heavy atom. The van der Waals surface area contributed by atoms with Crippen LogP contribution in [0.2, 0.25) is 0 Å². The zero-order valence-corrected chi connectivity index (χ0v) is 8.81. The zero-order chi connectivity index (χ0) is 12.0. The number of hydrogen-bond donors (Lipinski definition) is 1. The van der Waals surface area contributed by atoms with Crippen LogP contribution >= 0.6 is 0 Å². The lowest BCUT2D eigenvalue weighted by molar-refractivity contribution is 0.0594. The first-order valence-electron chi connectivity index (χ1n) is 4.70. The van der Waals surface area contributed by atoms with E-state index in [4.69, 9.17) is 5.11 Å². The van der Waals surface area contributed by atoms with Gasteiger partial charge in [-0.2, -0.15) is 4.39 Å². The Balaban J connectivity index is 2.93. The Hall–Kier alpha value is -1.75. The molecule has 0 saturated heterocycles. The summed E-state index contributed by atoms with van der Waals surface area (Å²) in [4.78, 5) is 14.6. The summed E-state index contributed by atoms with van der Waals surface area (Å²) >= 11 is 0. The van der Waals surface area contributed by atoms with E-state index in [-0.39, 0.29) is 12.2 Å². The molecule has 0 radical (unpaired) electrons. The first-order valence-corrected chi connectivity index (χ1v) is 4.70. The van der Waals surface area contributed by atoms with Gasteiger partial charge in [0.05, 0.1) is 7.11 Å². The summed E-state index contributed by atoms with van der Waals surface area (Å²) in [5, 5.41) is 8.57. The minimum atomic E-state index is -0.855. The molecular weight excluding hydrogens is 213 g/mol. The van der Waals surface area contributed by atoms with Crippen molar-refractivity contribution >= 4 is 12.0 Å². The van der Waals surface area contributed by atoms with Gasteiger partial charge < -0.3 is 9.84 Å². The maximum atomic E-state index is 13.1. The smallest absolute Gasteiger partial charge is 0.342 e. The number of nitrogens with zero attached hydrogens (tertiary/aromatic N) is 1. The van der Waals surface area contributed by atoms with Gasteiger partial charge >= 0.3 is 5.97 Å². The summed E-state index contributed by atoms with van der Waals surface area (Å²) in [7, 11) is 1.18. The molecule has 1 aromatic rings. The molecule has 0 unspecified atom stereocenters. The largest absolute Gasteiger partial charge is 0.465 e. The summed E-state index contributed by atoms with van der Waals surface area (Å²) in [6.45, 7) is 0.0367. The van der Waals surface area contributed by atoms with Crippen molar-refractivity contribution in [2.24, 2.45) is 0 Å². The first-order chi connectivity index (χ1) is 7.69. The molecule has 1 heterocycles. The Morgan fingerprint density at radius 3 is 3.06 bits per heavy atom. The van der Waals surface area contributed by atoms with E-state index in [9.17, 15) is 9.18 Å². The van der Waals surface area contributed by atoms with Gasteiger partial charge in [0.2, 0.25) is 5.95 Å². The Kier molecular flexibility index (Phi) is 4.60. The monoisotopic (exact) mass is 225 g/mol. The SMILES string of the molecule is COC(=O)c1cc(C=CCCO)cnc1F. The highest BCUT2D eigenvalue weighted by Gasteiger charge is 2.13. The fraction of sp³-hybridized carbons (Fsp3) is 0.273. The van der Waals surface area contributed by atoms with Gasteiger partial charge in [-0.1, -0.05) is 12.2 Å². The van der Waals surface area contributed by atoms with Crippen molar-refractivity contribution in [3.05, 3.63) is 35.4 Å². The van der Waals surface area contributed by atoms with Crippen molar-refractivity contribution < 1.29 is 19.0 Å². The van der Waals surface area contributed by atoms with E-state index in [0.29, 0.717) is 12.0 Å². The molecule has 0 bridgehead atoms.